The van der Waals surface area contributed by atoms with Crippen molar-refractivity contribution < 1.29 is 19.1 Å². The fourth-order valence-corrected chi connectivity index (χ4v) is 2.79. The zero-order valence-corrected chi connectivity index (χ0v) is 11.7. The van der Waals surface area contributed by atoms with Crippen LogP contribution < -0.4 is 20.3 Å². The van der Waals surface area contributed by atoms with Crippen LogP contribution in [0, 0.1) is 0 Å². The maximum Gasteiger partial charge on any atom is 0.415 e. The predicted molar refractivity (Wildman–Crippen MR) is 78.1 cm³/mol. The Balaban J connectivity index is 1.64. The molecule has 1 aromatic rings. The van der Waals surface area contributed by atoms with Crippen LogP contribution in [0.15, 0.2) is 23.2 Å². The number of amides is 2. The van der Waals surface area contributed by atoms with Gasteiger partial charge in [-0.25, -0.2) is 9.79 Å². The number of hydrogen-bond donors (Lipinski definition) is 1. The van der Waals surface area contributed by atoms with E-state index in [-0.39, 0.29) is 6.54 Å². The van der Waals surface area contributed by atoms with Crippen LogP contribution in [0.1, 0.15) is 6.42 Å². The molecular formula is C14H14N4O4. The van der Waals surface area contributed by atoms with E-state index < -0.39 is 18.1 Å². The van der Waals surface area contributed by atoms with Crippen LogP contribution in [0.2, 0.25) is 0 Å². The van der Waals surface area contributed by atoms with Crippen LogP contribution >= 0.6 is 0 Å². The number of cyclic esters (lactones) is 1. The van der Waals surface area contributed by atoms with E-state index in [0.717, 1.165) is 25.2 Å². The Morgan fingerprint density at radius 2 is 2.23 bits per heavy atom. The summed E-state index contributed by atoms with van der Waals surface area (Å²) in [5, 5.41) is 0. The highest BCUT2D eigenvalue weighted by Gasteiger charge is 2.37. The highest BCUT2D eigenvalue weighted by atomic mass is 16.6. The average molecular weight is 302 g/mol. The lowest BCUT2D eigenvalue weighted by Crippen LogP contribution is -2.34. The van der Waals surface area contributed by atoms with Crippen LogP contribution in [-0.2, 0) is 9.53 Å². The van der Waals surface area contributed by atoms with E-state index >= 15 is 0 Å². The molecule has 3 heterocycles. The molecule has 3 aliphatic heterocycles. The van der Waals surface area contributed by atoms with E-state index in [2.05, 4.69) is 4.99 Å². The number of amidine groups is 1. The largest absolute Gasteiger partial charge is 0.434 e. The molecule has 1 saturated heterocycles. The van der Waals surface area contributed by atoms with E-state index in [1.54, 1.807) is 12.1 Å². The van der Waals surface area contributed by atoms with Gasteiger partial charge >= 0.3 is 6.09 Å². The van der Waals surface area contributed by atoms with Crippen LogP contribution in [0.5, 0.6) is 5.75 Å². The van der Waals surface area contributed by atoms with Gasteiger partial charge in [0.2, 0.25) is 0 Å². The number of nitrogens with two attached hydrogens (primary N) is 1. The Morgan fingerprint density at radius 1 is 1.36 bits per heavy atom. The van der Waals surface area contributed by atoms with Gasteiger partial charge in [-0.15, -0.1) is 0 Å². The normalized spacial score (nSPS) is 22.6. The monoisotopic (exact) mass is 302 g/mol. The number of fused-ring (bicyclic) bond motifs is 3. The molecule has 1 fully saturated rings. The van der Waals surface area contributed by atoms with Gasteiger partial charge in [0.15, 0.2) is 11.9 Å². The molecule has 1 aromatic carbocycles. The van der Waals surface area contributed by atoms with Crippen molar-refractivity contribution >= 4 is 29.4 Å². The Kier molecular flexibility index (Phi) is 2.72. The minimum absolute atomic E-state index is 0.109. The van der Waals surface area contributed by atoms with Crippen molar-refractivity contribution in [2.75, 3.05) is 29.4 Å². The lowest BCUT2D eigenvalue weighted by atomic mass is 10.2. The summed E-state index contributed by atoms with van der Waals surface area (Å²) in [6.07, 6.45) is -0.526. The number of anilines is 2. The van der Waals surface area contributed by atoms with Crippen molar-refractivity contribution in [3.63, 3.8) is 0 Å². The summed E-state index contributed by atoms with van der Waals surface area (Å²) in [6, 6.07) is 6.02. The Hall–Kier alpha value is -2.77. The summed E-state index contributed by atoms with van der Waals surface area (Å²) in [6.45, 7) is 1.73. The first kappa shape index (κ1) is 12.9. The highest BCUT2D eigenvalue weighted by Crippen LogP contribution is 2.39. The molecule has 0 aromatic heterocycles. The van der Waals surface area contributed by atoms with Gasteiger partial charge in [0.05, 0.1) is 17.9 Å². The smallest absolute Gasteiger partial charge is 0.415 e. The number of primary amides is 1. The third-order valence-corrected chi connectivity index (χ3v) is 3.89. The number of benzene rings is 1. The molecule has 2 N–H and O–H groups in total. The summed E-state index contributed by atoms with van der Waals surface area (Å²) in [4.78, 5) is 30.7. The minimum Gasteiger partial charge on any atom is -0.434 e. The molecule has 0 radical (unpaired) electrons. The lowest BCUT2D eigenvalue weighted by molar-refractivity contribution is -0.124. The maximum atomic E-state index is 11.9. The van der Waals surface area contributed by atoms with E-state index in [4.69, 9.17) is 15.2 Å². The molecule has 0 bridgehead atoms. The van der Waals surface area contributed by atoms with Crippen molar-refractivity contribution in [3.05, 3.63) is 18.2 Å². The van der Waals surface area contributed by atoms with Gasteiger partial charge in [-0.05, 0) is 18.6 Å². The summed E-state index contributed by atoms with van der Waals surface area (Å²) in [5.41, 5.74) is 6.72. The summed E-state index contributed by atoms with van der Waals surface area (Å²) >= 11 is 0. The molecule has 114 valence electrons. The summed E-state index contributed by atoms with van der Waals surface area (Å²) in [5.74, 6) is -0.00628. The number of nitrogens with zero attached hydrogens (tertiary/aromatic N) is 3. The zero-order chi connectivity index (χ0) is 15.3. The van der Waals surface area contributed by atoms with Crippen molar-refractivity contribution in [2.45, 2.75) is 12.5 Å². The second kappa shape index (κ2) is 4.62. The van der Waals surface area contributed by atoms with Gasteiger partial charge in [-0.1, -0.05) is 0 Å². The molecule has 8 heteroatoms. The van der Waals surface area contributed by atoms with E-state index in [1.807, 2.05) is 11.0 Å². The van der Waals surface area contributed by atoms with Crippen LogP contribution in [0.25, 0.3) is 0 Å². The SMILES string of the molecule is NC(=O)C1CN(c2ccc3c(c2)OC2=NCCCN23)C(=O)O1. The standard InChI is InChI=1S/C14H14N4O4/c15-12(19)11-7-18(14(20)22-11)8-2-3-9-10(6-8)21-13-16-4-1-5-17(9)13/h2-3,6,11H,1,4-5,7H2,(H2,15,19). The topological polar surface area (TPSA) is 97.5 Å². The number of hydrogen-bond acceptors (Lipinski definition) is 6. The van der Waals surface area contributed by atoms with E-state index in [1.165, 1.54) is 4.90 Å². The quantitative estimate of drug-likeness (QED) is 0.855. The molecule has 0 aliphatic carbocycles. The number of rotatable bonds is 2. The maximum absolute atomic E-state index is 11.9. The first-order valence-corrected chi connectivity index (χ1v) is 7.05. The van der Waals surface area contributed by atoms with Gasteiger partial charge < -0.3 is 15.2 Å². The Morgan fingerprint density at radius 3 is 3.00 bits per heavy atom. The van der Waals surface area contributed by atoms with Crippen LogP contribution in [-0.4, -0.2) is 43.8 Å². The molecule has 0 spiro atoms. The van der Waals surface area contributed by atoms with Gasteiger partial charge in [-0.2, -0.15) is 0 Å². The number of carbonyl (C=O) groups excluding carboxylic acids is 2. The third kappa shape index (κ3) is 1.87. The van der Waals surface area contributed by atoms with Crippen molar-refractivity contribution in [1.82, 2.24) is 0 Å². The second-order valence-electron chi connectivity index (χ2n) is 5.31. The van der Waals surface area contributed by atoms with Crippen molar-refractivity contribution in [3.8, 4) is 5.75 Å². The molecule has 22 heavy (non-hydrogen) atoms. The lowest BCUT2D eigenvalue weighted by Gasteiger charge is -2.20. The van der Waals surface area contributed by atoms with Gasteiger partial charge in [0, 0.05) is 19.2 Å². The summed E-state index contributed by atoms with van der Waals surface area (Å²) < 4.78 is 10.7. The molecule has 1 unspecified atom stereocenters. The zero-order valence-electron chi connectivity index (χ0n) is 11.7. The Labute approximate surface area is 126 Å². The van der Waals surface area contributed by atoms with Gasteiger partial charge in [0.1, 0.15) is 0 Å². The molecule has 8 nitrogen and oxygen atoms in total. The summed E-state index contributed by atoms with van der Waals surface area (Å²) in [7, 11) is 0. The highest BCUT2D eigenvalue weighted by molar-refractivity contribution is 6.02. The number of ether oxygens (including phenoxy) is 2. The molecular weight excluding hydrogens is 288 g/mol. The minimum atomic E-state index is -0.919. The fraction of sp³-hybridized carbons (Fsp3) is 0.357. The Bertz CT molecular complexity index is 702. The molecule has 4 rings (SSSR count). The van der Waals surface area contributed by atoms with Crippen molar-refractivity contribution in [2.24, 2.45) is 10.7 Å². The predicted octanol–water partition coefficient (Wildman–Crippen LogP) is 0.456. The fourth-order valence-electron chi connectivity index (χ4n) is 2.79. The average Bonchev–Trinajstić information content (AvgIpc) is 3.07. The number of aliphatic imine (C=N–C) groups is 1. The second-order valence-corrected chi connectivity index (χ2v) is 5.31. The van der Waals surface area contributed by atoms with Crippen molar-refractivity contribution in [1.29, 1.82) is 0 Å². The first-order chi connectivity index (χ1) is 10.6. The molecule has 1 atom stereocenters. The third-order valence-electron chi connectivity index (χ3n) is 3.89. The molecule has 2 amide bonds. The van der Waals surface area contributed by atoms with Crippen LogP contribution in [0.3, 0.4) is 0 Å². The van der Waals surface area contributed by atoms with E-state index in [9.17, 15) is 9.59 Å². The van der Waals surface area contributed by atoms with Crippen LogP contribution in [0.4, 0.5) is 16.2 Å². The van der Waals surface area contributed by atoms with E-state index in [0.29, 0.717) is 17.5 Å². The molecule has 3 aliphatic rings. The molecule has 0 saturated carbocycles. The van der Waals surface area contributed by atoms with Gasteiger partial charge in [-0.3, -0.25) is 14.6 Å². The first-order valence-electron chi connectivity index (χ1n) is 7.05. The number of carbonyl (C=O) groups is 2. The van der Waals surface area contributed by atoms with Gasteiger partial charge in [0.25, 0.3) is 11.9 Å².